The van der Waals surface area contributed by atoms with Crippen LogP contribution in [-0.4, -0.2) is 54.9 Å². The van der Waals surface area contributed by atoms with Crippen molar-refractivity contribution in [3.05, 3.63) is 29.8 Å². The van der Waals surface area contributed by atoms with Gasteiger partial charge in [0.2, 0.25) is 0 Å². The van der Waals surface area contributed by atoms with Crippen LogP contribution in [0.15, 0.2) is 24.3 Å². The number of aryl methyl sites for hydroxylation is 1. The van der Waals surface area contributed by atoms with E-state index in [1.807, 2.05) is 31.2 Å². The number of benzene rings is 1. The summed E-state index contributed by atoms with van der Waals surface area (Å²) in [7, 11) is 0. The minimum atomic E-state index is -0.915. The zero-order chi connectivity index (χ0) is 15.2. The molecule has 0 atom stereocenters. The molecule has 0 aromatic heterocycles. The Morgan fingerprint density at radius 3 is 2.43 bits per heavy atom. The third kappa shape index (κ3) is 4.19. The van der Waals surface area contributed by atoms with E-state index < -0.39 is 5.97 Å². The first kappa shape index (κ1) is 15.3. The second-order valence-corrected chi connectivity index (χ2v) is 5.01. The predicted octanol–water partition coefficient (Wildman–Crippen LogP) is 1.73. The highest BCUT2D eigenvalue weighted by Crippen LogP contribution is 2.18. The first-order valence-electron chi connectivity index (χ1n) is 7.00. The van der Waals surface area contributed by atoms with Crippen LogP contribution < -0.4 is 4.90 Å². The van der Waals surface area contributed by atoms with Gasteiger partial charge in [0.1, 0.15) is 0 Å². The molecule has 0 aliphatic carbocycles. The standard InChI is InChI=1S/C15H20N2O4/c1-12-2-4-13(5-3-12)17(7-6-14(18)19)15(20)16-8-10-21-11-9-16/h2-5H,6-11H2,1H3,(H,18,19). The number of anilines is 1. The van der Waals surface area contributed by atoms with Crippen molar-refractivity contribution in [3.8, 4) is 0 Å². The molecular weight excluding hydrogens is 272 g/mol. The molecule has 1 N–H and O–H groups in total. The summed E-state index contributed by atoms with van der Waals surface area (Å²) < 4.78 is 5.24. The number of carbonyl (C=O) groups excluding carboxylic acids is 1. The molecule has 0 spiro atoms. The number of hydrogen-bond donors (Lipinski definition) is 1. The summed E-state index contributed by atoms with van der Waals surface area (Å²) >= 11 is 0. The molecule has 21 heavy (non-hydrogen) atoms. The van der Waals surface area contributed by atoms with E-state index in [1.165, 1.54) is 4.90 Å². The van der Waals surface area contributed by atoms with Crippen molar-refractivity contribution in [3.63, 3.8) is 0 Å². The molecule has 1 aromatic carbocycles. The van der Waals surface area contributed by atoms with Gasteiger partial charge in [-0.2, -0.15) is 0 Å². The molecule has 1 heterocycles. The van der Waals surface area contributed by atoms with E-state index >= 15 is 0 Å². The molecule has 114 valence electrons. The highest BCUT2D eigenvalue weighted by atomic mass is 16.5. The number of rotatable bonds is 4. The van der Waals surface area contributed by atoms with Gasteiger partial charge in [-0.25, -0.2) is 4.79 Å². The lowest BCUT2D eigenvalue weighted by atomic mass is 10.2. The zero-order valence-corrected chi connectivity index (χ0v) is 12.1. The summed E-state index contributed by atoms with van der Waals surface area (Å²) in [5.74, 6) is -0.915. The summed E-state index contributed by atoms with van der Waals surface area (Å²) in [6, 6.07) is 7.35. The van der Waals surface area contributed by atoms with E-state index in [1.54, 1.807) is 4.90 Å². The molecule has 2 rings (SSSR count). The number of amides is 2. The Morgan fingerprint density at radius 1 is 1.24 bits per heavy atom. The van der Waals surface area contributed by atoms with E-state index in [2.05, 4.69) is 0 Å². The molecular formula is C15H20N2O4. The molecule has 1 aliphatic heterocycles. The third-order valence-electron chi connectivity index (χ3n) is 3.41. The molecule has 6 nitrogen and oxygen atoms in total. The summed E-state index contributed by atoms with van der Waals surface area (Å²) in [5.41, 5.74) is 1.81. The quantitative estimate of drug-likeness (QED) is 0.917. The van der Waals surface area contributed by atoms with Crippen molar-refractivity contribution in [2.24, 2.45) is 0 Å². The lowest BCUT2D eigenvalue weighted by Crippen LogP contribution is -2.49. The van der Waals surface area contributed by atoms with E-state index in [9.17, 15) is 9.59 Å². The van der Waals surface area contributed by atoms with Crippen molar-refractivity contribution >= 4 is 17.7 Å². The van der Waals surface area contributed by atoms with Crippen LogP contribution in [0.4, 0.5) is 10.5 Å². The van der Waals surface area contributed by atoms with E-state index in [-0.39, 0.29) is 19.0 Å². The van der Waals surface area contributed by atoms with Gasteiger partial charge in [-0.1, -0.05) is 17.7 Å². The zero-order valence-electron chi connectivity index (χ0n) is 12.1. The van der Waals surface area contributed by atoms with Crippen LogP contribution in [0.3, 0.4) is 0 Å². The largest absolute Gasteiger partial charge is 0.481 e. The summed E-state index contributed by atoms with van der Waals surface area (Å²) in [4.78, 5) is 26.6. The first-order valence-corrected chi connectivity index (χ1v) is 7.00. The Balaban J connectivity index is 2.15. The molecule has 1 saturated heterocycles. The number of carbonyl (C=O) groups is 2. The summed E-state index contributed by atoms with van der Waals surface area (Å²) in [6.07, 6.45) is -0.0794. The second kappa shape index (κ2) is 7.08. The van der Waals surface area contributed by atoms with Crippen molar-refractivity contribution in [1.82, 2.24) is 4.90 Å². The predicted molar refractivity (Wildman–Crippen MR) is 78.6 cm³/mol. The van der Waals surface area contributed by atoms with E-state index in [4.69, 9.17) is 9.84 Å². The van der Waals surface area contributed by atoms with Gasteiger partial charge in [-0.3, -0.25) is 9.69 Å². The molecule has 1 fully saturated rings. The fourth-order valence-corrected chi connectivity index (χ4v) is 2.19. The molecule has 0 unspecified atom stereocenters. The Labute approximate surface area is 123 Å². The Morgan fingerprint density at radius 2 is 1.86 bits per heavy atom. The molecule has 2 amide bonds. The number of aliphatic carboxylic acids is 1. The average molecular weight is 292 g/mol. The van der Waals surface area contributed by atoms with Crippen molar-refractivity contribution < 1.29 is 19.4 Å². The van der Waals surface area contributed by atoms with Gasteiger partial charge in [0.15, 0.2) is 0 Å². The SMILES string of the molecule is Cc1ccc(N(CCC(=O)O)C(=O)N2CCOCC2)cc1. The fraction of sp³-hybridized carbons (Fsp3) is 0.467. The van der Waals surface area contributed by atoms with Crippen molar-refractivity contribution in [2.75, 3.05) is 37.7 Å². The Bertz CT molecular complexity index is 495. The Kier molecular flexibility index (Phi) is 5.16. The smallest absolute Gasteiger partial charge is 0.324 e. The fourth-order valence-electron chi connectivity index (χ4n) is 2.19. The van der Waals surface area contributed by atoms with Crippen LogP contribution in [0.25, 0.3) is 0 Å². The minimum Gasteiger partial charge on any atom is -0.481 e. The maximum atomic E-state index is 12.6. The number of morpholine rings is 1. The van der Waals surface area contributed by atoms with Gasteiger partial charge >= 0.3 is 12.0 Å². The van der Waals surface area contributed by atoms with Gasteiger partial charge in [0.05, 0.1) is 19.6 Å². The summed E-state index contributed by atoms with van der Waals surface area (Å²) in [5, 5.41) is 8.87. The molecule has 0 bridgehead atoms. The van der Waals surface area contributed by atoms with Gasteiger partial charge in [0, 0.05) is 25.3 Å². The normalized spacial score (nSPS) is 14.8. The second-order valence-electron chi connectivity index (χ2n) is 5.01. The molecule has 6 heteroatoms. The highest BCUT2D eigenvalue weighted by molar-refractivity contribution is 5.92. The topological polar surface area (TPSA) is 70.1 Å². The molecule has 0 radical (unpaired) electrons. The lowest BCUT2D eigenvalue weighted by Gasteiger charge is -2.32. The number of nitrogens with zero attached hydrogens (tertiary/aromatic N) is 2. The average Bonchev–Trinajstić information content (AvgIpc) is 2.49. The van der Waals surface area contributed by atoms with Crippen LogP contribution in [0.1, 0.15) is 12.0 Å². The lowest BCUT2D eigenvalue weighted by molar-refractivity contribution is -0.136. The van der Waals surface area contributed by atoms with Crippen molar-refractivity contribution in [2.45, 2.75) is 13.3 Å². The van der Waals surface area contributed by atoms with E-state index in [0.29, 0.717) is 26.3 Å². The van der Waals surface area contributed by atoms with Crippen LogP contribution in [-0.2, 0) is 9.53 Å². The van der Waals surface area contributed by atoms with Crippen molar-refractivity contribution in [1.29, 1.82) is 0 Å². The van der Waals surface area contributed by atoms with Crippen LogP contribution >= 0.6 is 0 Å². The first-order chi connectivity index (χ1) is 10.1. The third-order valence-corrected chi connectivity index (χ3v) is 3.41. The van der Waals surface area contributed by atoms with Crippen LogP contribution in [0.5, 0.6) is 0 Å². The van der Waals surface area contributed by atoms with Gasteiger partial charge in [0.25, 0.3) is 0 Å². The number of urea groups is 1. The maximum Gasteiger partial charge on any atom is 0.324 e. The van der Waals surface area contributed by atoms with Gasteiger partial charge in [-0.15, -0.1) is 0 Å². The monoisotopic (exact) mass is 292 g/mol. The van der Waals surface area contributed by atoms with Crippen LogP contribution in [0.2, 0.25) is 0 Å². The summed E-state index contributed by atoms with van der Waals surface area (Å²) in [6.45, 7) is 4.24. The van der Waals surface area contributed by atoms with Gasteiger partial charge in [-0.05, 0) is 19.1 Å². The van der Waals surface area contributed by atoms with Crippen LogP contribution in [0, 0.1) is 6.92 Å². The Hall–Kier alpha value is -2.08. The maximum absolute atomic E-state index is 12.6. The van der Waals surface area contributed by atoms with E-state index in [0.717, 1.165) is 11.3 Å². The molecule has 1 aromatic rings. The molecule has 0 saturated carbocycles. The number of carboxylic acid groups (broad SMARTS) is 1. The molecule has 1 aliphatic rings. The number of hydrogen-bond acceptors (Lipinski definition) is 3. The number of carboxylic acids is 1. The van der Waals surface area contributed by atoms with Gasteiger partial charge < -0.3 is 14.7 Å². The number of ether oxygens (including phenoxy) is 1. The minimum absolute atomic E-state index is 0.0794. The highest BCUT2D eigenvalue weighted by Gasteiger charge is 2.24.